The summed E-state index contributed by atoms with van der Waals surface area (Å²) in [5.41, 5.74) is -2.03. The molecule has 0 atom stereocenters. The van der Waals surface area contributed by atoms with Gasteiger partial charge in [0.25, 0.3) is 5.91 Å². The van der Waals surface area contributed by atoms with Crippen molar-refractivity contribution in [1.82, 2.24) is 4.90 Å². The molecule has 0 aromatic heterocycles. The highest BCUT2D eigenvalue weighted by Crippen LogP contribution is 2.32. The highest BCUT2D eigenvalue weighted by Gasteiger charge is 2.38. The predicted octanol–water partition coefficient (Wildman–Crippen LogP) is 3.73. The fraction of sp³-hybridized carbons (Fsp3) is 0.417. The Morgan fingerprint density at radius 1 is 1.10 bits per heavy atom. The summed E-state index contributed by atoms with van der Waals surface area (Å²) < 4.78 is 75.0. The van der Waals surface area contributed by atoms with Crippen molar-refractivity contribution in [2.24, 2.45) is 0 Å². The lowest BCUT2D eigenvalue weighted by Gasteiger charge is -2.23. The smallest absolute Gasteiger partial charge is 0.330 e. The molecular formula is C12H11F6NO. The predicted molar refractivity (Wildman–Crippen MR) is 59.1 cm³/mol. The van der Waals surface area contributed by atoms with Crippen LogP contribution in [0.3, 0.4) is 0 Å². The van der Waals surface area contributed by atoms with Crippen molar-refractivity contribution in [3.05, 3.63) is 35.4 Å². The molecule has 0 saturated carbocycles. The van der Waals surface area contributed by atoms with E-state index in [0.29, 0.717) is 11.0 Å². The zero-order valence-corrected chi connectivity index (χ0v) is 10.3. The van der Waals surface area contributed by atoms with Crippen LogP contribution in [0.15, 0.2) is 24.3 Å². The summed E-state index contributed by atoms with van der Waals surface area (Å²) in [5.74, 6) is -1.29. The molecule has 0 unspecified atom stereocenters. The van der Waals surface area contributed by atoms with Crippen molar-refractivity contribution >= 4 is 5.91 Å². The van der Waals surface area contributed by atoms with Crippen LogP contribution in [0.5, 0.6) is 0 Å². The van der Waals surface area contributed by atoms with Crippen molar-refractivity contribution in [2.75, 3.05) is 13.1 Å². The third-order valence-electron chi connectivity index (χ3n) is 2.50. The first-order chi connectivity index (χ1) is 9.06. The van der Waals surface area contributed by atoms with Crippen LogP contribution in [0, 0.1) is 0 Å². The van der Waals surface area contributed by atoms with E-state index in [1.807, 2.05) is 0 Å². The molecule has 1 amide bonds. The molecule has 0 bridgehead atoms. The lowest BCUT2D eigenvalue weighted by molar-refractivity contribution is -0.141. The minimum absolute atomic E-state index is 0.324. The van der Waals surface area contributed by atoms with Crippen LogP contribution in [0.2, 0.25) is 0 Å². The van der Waals surface area contributed by atoms with Crippen molar-refractivity contribution in [3.63, 3.8) is 0 Å². The number of carbonyl (C=O) groups is 1. The average Bonchev–Trinajstić information content (AvgIpc) is 2.33. The number of amides is 1. The summed E-state index contributed by atoms with van der Waals surface area (Å²) in [7, 11) is 0. The molecule has 0 aliphatic rings. The highest BCUT2D eigenvalue weighted by atomic mass is 19.4. The molecule has 0 heterocycles. The van der Waals surface area contributed by atoms with E-state index >= 15 is 0 Å². The van der Waals surface area contributed by atoms with Gasteiger partial charge >= 0.3 is 12.4 Å². The van der Waals surface area contributed by atoms with Gasteiger partial charge in [-0.15, -0.1) is 0 Å². The molecule has 8 heteroatoms. The summed E-state index contributed by atoms with van der Waals surface area (Å²) in [6, 6.07) is 3.77. The molecule has 0 N–H and O–H groups in total. The Kier molecular flexibility index (Phi) is 4.67. The Labute approximate surface area is 111 Å². The van der Waals surface area contributed by atoms with E-state index in [9.17, 15) is 31.1 Å². The van der Waals surface area contributed by atoms with Gasteiger partial charge in [-0.05, 0) is 19.1 Å². The fourth-order valence-electron chi connectivity index (χ4n) is 1.63. The Bertz CT molecular complexity index is 480. The first-order valence-corrected chi connectivity index (χ1v) is 5.58. The minimum atomic E-state index is -4.80. The van der Waals surface area contributed by atoms with Gasteiger partial charge in [0.05, 0.1) is 11.1 Å². The van der Waals surface area contributed by atoms with Crippen molar-refractivity contribution < 1.29 is 31.1 Å². The molecule has 2 nitrogen and oxygen atoms in total. The maximum absolute atomic E-state index is 12.7. The second-order valence-electron chi connectivity index (χ2n) is 3.98. The standard InChI is InChI=1S/C12H11F6NO/c1-2-19(7-11(13,14)15)10(20)8-5-3-4-6-9(8)12(16,17)18/h3-6H,2,7H2,1H3. The summed E-state index contributed by atoms with van der Waals surface area (Å²) in [4.78, 5) is 12.2. The number of alkyl halides is 6. The summed E-state index contributed by atoms with van der Waals surface area (Å²) in [5, 5.41) is 0. The maximum Gasteiger partial charge on any atom is 0.417 e. The van der Waals surface area contributed by atoms with Crippen LogP contribution in [0.1, 0.15) is 22.8 Å². The van der Waals surface area contributed by atoms with Crippen LogP contribution >= 0.6 is 0 Å². The van der Waals surface area contributed by atoms with Gasteiger partial charge in [-0.2, -0.15) is 26.3 Å². The Morgan fingerprint density at radius 2 is 1.65 bits per heavy atom. The second-order valence-corrected chi connectivity index (χ2v) is 3.98. The van der Waals surface area contributed by atoms with Crippen molar-refractivity contribution in [3.8, 4) is 0 Å². The first-order valence-electron chi connectivity index (χ1n) is 5.58. The topological polar surface area (TPSA) is 20.3 Å². The normalized spacial score (nSPS) is 12.3. The SMILES string of the molecule is CCN(CC(F)(F)F)C(=O)c1ccccc1C(F)(F)F. The lowest BCUT2D eigenvalue weighted by atomic mass is 10.1. The quantitative estimate of drug-likeness (QED) is 0.779. The van der Waals surface area contributed by atoms with Crippen LogP contribution in [-0.2, 0) is 6.18 Å². The van der Waals surface area contributed by atoms with Gasteiger partial charge in [0.1, 0.15) is 6.54 Å². The molecule has 0 saturated heterocycles. The lowest BCUT2D eigenvalue weighted by Crippen LogP contribution is -2.39. The largest absolute Gasteiger partial charge is 0.417 e. The number of benzene rings is 1. The molecule has 0 fully saturated rings. The van der Waals surface area contributed by atoms with Gasteiger partial charge in [0, 0.05) is 6.54 Å². The van der Waals surface area contributed by atoms with E-state index in [1.165, 1.54) is 13.0 Å². The second kappa shape index (κ2) is 5.72. The number of halogens is 6. The number of rotatable bonds is 3. The maximum atomic E-state index is 12.7. The number of nitrogens with zero attached hydrogens (tertiary/aromatic N) is 1. The van der Waals surface area contributed by atoms with E-state index in [-0.39, 0.29) is 6.54 Å². The number of hydrogen-bond acceptors (Lipinski definition) is 1. The van der Waals surface area contributed by atoms with Gasteiger partial charge < -0.3 is 4.90 Å². The molecule has 0 radical (unpaired) electrons. The van der Waals surface area contributed by atoms with Gasteiger partial charge in [0.2, 0.25) is 0 Å². The molecule has 20 heavy (non-hydrogen) atoms. The molecule has 0 aliphatic heterocycles. The van der Waals surface area contributed by atoms with E-state index in [0.717, 1.165) is 12.1 Å². The summed E-state index contributed by atoms with van der Waals surface area (Å²) >= 11 is 0. The van der Waals surface area contributed by atoms with Crippen molar-refractivity contribution in [1.29, 1.82) is 0 Å². The molecule has 1 rings (SSSR count). The highest BCUT2D eigenvalue weighted by molar-refractivity contribution is 5.96. The zero-order valence-electron chi connectivity index (χ0n) is 10.3. The molecule has 1 aromatic rings. The van der Waals surface area contributed by atoms with Gasteiger partial charge in [-0.1, -0.05) is 12.1 Å². The van der Waals surface area contributed by atoms with Crippen LogP contribution in [0.4, 0.5) is 26.3 Å². The van der Waals surface area contributed by atoms with E-state index in [4.69, 9.17) is 0 Å². The van der Waals surface area contributed by atoms with Crippen LogP contribution < -0.4 is 0 Å². The van der Waals surface area contributed by atoms with Crippen LogP contribution in [-0.4, -0.2) is 30.1 Å². The van der Waals surface area contributed by atoms with Gasteiger partial charge in [0.15, 0.2) is 0 Å². The van der Waals surface area contributed by atoms with E-state index < -0.39 is 35.9 Å². The first kappa shape index (κ1) is 16.3. The third-order valence-corrected chi connectivity index (χ3v) is 2.50. The Morgan fingerprint density at radius 3 is 2.10 bits per heavy atom. The molecule has 1 aromatic carbocycles. The Hall–Kier alpha value is -1.73. The molecule has 112 valence electrons. The van der Waals surface area contributed by atoms with E-state index in [1.54, 1.807) is 0 Å². The molecular weight excluding hydrogens is 288 g/mol. The minimum Gasteiger partial charge on any atom is -0.330 e. The number of hydrogen-bond donors (Lipinski definition) is 0. The fourth-order valence-corrected chi connectivity index (χ4v) is 1.63. The Balaban J connectivity index is 3.14. The van der Waals surface area contributed by atoms with Gasteiger partial charge in [-0.25, -0.2) is 0 Å². The zero-order chi connectivity index (χ0) is 15.6. The van der Waals surface area contributed by atoms with Crippen LogP contribution in [0.25, 0.3) is 0 Å². The molecule has 0 aliphatic carbocycles. The van der Waals surface area contributed by atoms with Gasteiger partial charge in [-0.3, -0.25) is 4.79 Å². The summed E-state index contributed by atoms with van der Waals surface area (Å²) in [6.07, 6.45) is -9.47. The monoisotopic (exact) mass is 299 g/mol. The average molecular weight is 299 g/mol. The summed E-state index contributed by atoms with van der Waals surface area (Å²) in [6.45, 7) is -0.668. The third kappa shape index (κ3) is 4.14. The van der Waals surface area contributed by atoms with Crippen molar-refractivity contribution in [2.45, 2.75) is 19.3 Å². The van der Waals surface area contributed by atoms with E-state index in [2.05, 4.69) is 0 Å². The molecule has 0 spiro atoms. The number of carbonyl (C=O) groups excluding carboxylic acids is 1.